The standard InChI is InChI=1S/C9H15NO3/c1-12-8-2-3-10(4-8)9(11)7-5-13-6-7/h7-8H,2-6H2,1H3/t8-/m1/s1. The van der Waals surface area contributed by atoms with Crippen molar-refractivity contribution in [3.05, 3.63) is 0 Å². The molecule has 0 saturated carbocycles. The Morgan fingerprint density at radius 2 is 2.31 bits per heavy atom. The lowest BCUT2D eigenvalue weighted by Gasteiger charge is -2.29. The number of likely N-dealkylation sites (tertiary alicyclic amines) is 1. The fourth-order valence-corrected chi connectivity index (χ4v) is 1.76. The van der Waals surface area contributed by atoms with E-state index in [9.17, 15) is 4.79 Å². The third kappa shape index (κ3) is 1.69. The van der Waals surface area contributed by atoms with Gasteiger partial charge in [0.15, 0.2) is 0 Å². The van der Waals surface area contributed by atoms with E-state index in [-0.39, 0.29) is 17.9 Å². The fraction of sp³-hybridized carbons (Fsp3) is 0.889. The monoisotopic (exact) mass is 185 g/mol. The molecule has 74 valence electrons. The zero-order valence-corrected chi connectivity index (χ0v) is 7.86. The summed E-state index contributed by atoms with van der Waals surface area (Å²) in [5, 5.41) is 0. The van der Waals surface area contributed by atoms with E-state index in [1.165, 1.54) is 0 Å². The van der Waals surface area contributed by atoms with Crippen LogP contribution in [0.4, 0.5) is 0 Å². The van der Waals surface area contributed by atoms with Crippen LogP contribution < -0.4 is 0 Å². The first-order chi connectivity index (χ1) is 6.31. The van der Waals surface area contributed by atoms with E-state index in [1.54, 1.807) is 7.11 Å². The number of amides is 1. The number of nitrogens with zero attached hydrogens (tertiary/aromatic N) is 1. The predicted molar refractivity (Wildman–Crippen MR) is 46.3 cm³/mol. The highest BCUT2D eigenvalue weighted by atomic mass is 16.5. The van der Waals surface area contributed by atoms with Crippen molar-refractivity contribution in [3.63, 3.8) is 0 Å². The molecule has 0 aliphatic carbocycles. The van der Waals surface area contributed by atoms with Gasteiger partial charge in [-0.05, 0) is 6.42 Å². The van der Waals surface area contributed by atoms with Crippen molar-refractivity contribution in [2.24, 2.45) is 5.92 Å². The summed E-state index contributed by atoms with van der Waals surface area (Å²) in [5.74, 6) is 0.362. The smallest absolute Gasteiger partial charge is 0.230 e. The topological polar surface area (TPSA) is 38.8 Å². The SMILES string of the molecule is CO[C@@H]1CCN(C(=O)C2COC2)C1. The van der Waals surface area contributed by atoms with Gasteiger partial charge in [0.05, 0.1) is 25.2 Å². The van der Waals surface area contributed by atoms with E-state index < -0.39 is 0 Å². The van der Waals surface area contributed by atoms with Crippen LogP contribution in [0.25, 0.3) is 0 Å². The van der Waals surface area contributed by atoms with Crippen LogP contribution in [0.1, 0.15) is 6.42 Å². The highest BCUT2D eigenvalue weighted by molar-refractivity contribution is 5.80. The van der Waals surface area contributed by atoms with Crippen molar-refractivity contribution in [1.82, 2.24) is 4.90 Å². The average Bonchev–Trinajstić information content (AvgIpc) is 2.48. The minimum absolute atomic E-state index is 0.121. The molecule has 2 saturated heterocycles. The first-order valence-electron chi connectivity index (χ1n) is 4.70. The number of ether oxygens (including phenoxy) is 2. The summed E-state index contributed by atoms with van der Waals surface area (Å²) in [5.41, 5.74) is 0. The van der Waals surface area contributed by atoms with Gasteiger partial charge in [0.1, 0.15) is 0 Å². The summed E-state index contributed by atoms with van der Waals surface area (Å²) in [4.78, 5) is 13.6. The molecule has 4 heteroatoms. The summed E-state index contributed by atoms with van der Waals surface area (Å²) >= 11 is 0. The van der Waals surface area contributed by atoms with Gasteiger partial charge in [0, 0.05) is 20.2 Å². The molecular formula is C9H15NO3. The van der Waals surface area contributed by atoms with Crippen molar-refractivity contribution in [2.45, 2.75) is 12.5 Å². The van der Waals surface area contributed by atoms with Gasteiger partial charge >= 0.3 is 0 Å². The van der Waals surface area contributed by atoms with E-state index in [0.717, 1.165) is 19.5 Å². The normalized spacial score (nSPS) is 29.0. The molecule has 2 fully saturated rings. The van der Waals surface area contributed by atoms with Gasteiger partial charge < -0.3 is 14.4 Å². The zero-order valence-electron chi connectivity index (χ0n) is 7.86. The van der Waals surface area contributed by atoms with Gasteiger partial charge in [-0.1, -0.05) is 0 Å². The second-order valence-electron chi connectivity index (χ2n) is 3.67. The van der Waals surface area contributed by atoms with Crippen LogP contribution in [0.15, 0.2) is 0 Å². The van der Waals surface area contributed by atoms with Gasteiger partial charge in [-0.25, -0.2) is 0 Å². The Morgan fingerprint density at radius 3 is 2.77 bits per heavy atom. The Balaban J connectivity index is 1.84. The summed E-state index contributed by atoms with van der Waals surface area (Å²) in [7, 11) is 1.70. The van der Waals surface area contributed by atoms with Crippen molar-refractivity contribution in [1.29, 1.82) is 0 Å². The molecule has 4 nitrogen and oxygen atoms in total. The Bertz CT molecular complexity index is 203. The number of hydrogen-bond acceptors (Lipinski definition) is 3. The molecule has 0 spiro atoms. The van der Waals surface area contributed by atoms with Crippen molar-refractivity contribution < 1.29 is 14.3 Å². The summed E-state index contributed by atoms with van der Waals surface area (Å²) in [6.45, 7) is 2.81. The van der Waals surface area contributed by atoms with Crippen LogP contribution in [0, 0.1) is 5.92 Å². The molecule has 2 rings (SSSR count). The van der Waals surface area contributed by atoms with Gasteiger partial charge in [-0.2, -0.15) is 0 Å². The highest BCUT2D eigenvalue weighted by Gasteiger charge is 2.34. The van der Waals surface area contributed by atoms with Crippen LogP contribution in [-0.4, -0.2) is 50.3 Å². The highest BCUT2D eigenvalue weighted by Crippen LogP contribution is 2.18. The van der Waals surface area contributed by atoms with Crippen LogP contribution >= 0.6 is 0 Å². The molecule has 0 N–H and O–H groups in total. The number of hydrogen-bond donors (Lipinski definition) is 0. The van der Waals surface area contributed by atoms with Gasteiger partial charge in [0.2, 0.25) is 5.91 Å². The van der Waals surface area contributed by atoms with Crippen LogP contribution in [0.5, 0.6) is 0 Å². The molecule has 0 radical (unpaired) electrons. The number of carbonyl (C=O) groups is 1. The maximum Gasteiger partial charge on any atom is 0.230 e. The van der Waals surface area contributed by atoms with Crippen molar-refractivity contribution >= 4 is 5.91 Å². The Morgan fingerprint density at radius 1 is 1.54 bits per heavy atom. The first-order valence-corrected chi connectivity index (χ1v) is 4.70. The number of methoxy groups -OCH3 is 1. The second kappa shape index (κ2) is 3.64. The molecule has 2 aliphatic rings. The molecule has 1 amide bonds. The fourth-order valence-electron chi connectivity index (χ4n) is 1.76. The maximum absolute atomic E-state index is 11.7. The minimum Gasteiger partial charge on any atom is -0.380 e. The van der Waals surface area contributed by atoms with E-state index >= 15 is 0 Å². The summed E-state index contributed by atoms with van der Waals surface area (Å²) in [6, 6.07) is 0. The van der Waals surface area contributed by atoms with Crippen LogP contribution in [0.3, 0.4) is 0 Å². The van der Waals surface area contributed by atoms with Crippen LogP contribution in [0.2, 0.25) is 0 Å². The quantitative estimate of drug-likeness (QED) is 0.602. The molecule has 1 atom stereocenters. The molecule has 0 aromatic carbocycles. The van der Waals surface area contributed by atoms with Crippen LogP contribution in [-0.2, 0) is 14.3 Å². The summed E-state index contributed by atoms with van der Waals surface area (Å²) < 4.78 is 10.2. The maximum atomic E-state index is 11.7. The van der Waals surface area contributed by atoms with Crippen molar-refractivity contribution in [3.8, 4) is 0 Å². The van der Waals surface area contributed by atoms with E-state index in [4.69, 9.17) is 9.47 Å². The third-order valence-electron chi connectivity index (χ3n) is 2.78. The Labute approximate surface area is 77.8 Å². The Hall–Kier alpha value is -0.610. The lowest BCUT2D eigenvalue weighted by Crippen LogP contribution is -2.44. The molecule has 2 aliphatic heterocycles. The first kappa shape index (κ1) is 8.97. The molecule has 0 aromatic heterocycles. The van der Waals surface area contributed by atoms with E-state index in [2.05, 4.69) is 0 Å². The van der Waals surface area contributed by atoms with Crippen molar-refractivity contribution in [2.75, 3.05) is 33.4 Å². The van der Waals surface area contributed by atoms with Gasteiger partial charge in [-0.3, -0.25) is 4.79 Å². The lowest BCUT2D eigenvalue weighted by molar-refractivity contribution is -0.149. The number of rotatable bonds is 2. The largest absolute Gasteiger partial charge is 0.380 e. The third-order valence-corrected chi connectivity index (χ3v) is 2.78. The molecular weight excluding hydrogens is 170 g/mol. The van der Waals surface area contributed by atoms with E-state index in [0.29, 0.717) is 13.2 Å². The molecule has 0 unspecified atom stereocenters. The minimum atomic E-state index is 0.121. The second-order valence-corrected chi connectivity index (χ2v) is 3.67. The number of carbonyl (C=O) groups excluding carboxylic acids is 1. The average molecular weight is 185 g/mol. The summed E-state index contributed by atoms with van der Waals surface area (Å²) in [6.07, 6.45) is 1.21. The zero-order chi connectivity index (χ0) is 9.26. The molecule has 0 aromatic rings. The molecule has 13 heavy (non-hydrogen) atoms. The Kier molecular flexibility index (Phi) is 2.51. The predicted octanol–water partition coefficient (Wildman–Crippen LogP) is -0.120. The van der Waals surface area contributed by atoms with Gasteiger partial charge in [-0.15, -0.1) is 0 Å². The lowest BCUT2D eigenvalue weighted by atomic mass is 10.1. The van der Waals surface area contributed by atoms with Gasteiger partial charge in [0.25, 0.3) is 0 Å². The van der Waals surface area contributed by atoms with E-state index in [1.807, 2.05) is 4.90 Å². The molecule has 0 bridgehead atoms. The molecule has 2 heterocycles.